The summed E-state index contributed by atoms with van der Waals surface area (Å²) in [5.41, 5.74) is 7.75. The topological polar surface area (TPSA) is 38.5 Å². The predicted molar refractivity (Wildman–Crippen MR) is 74.2 cm³/mol. The Labute approximate surface area is 109 Å². The lowest BCUT2D eigenvalue weighted by Gasteiger charge is -2.25. The first kappa shape index (κ1) is 14.1. The van der Waals surface area contributed by atoms with Gasteiger partial charge in [-0.2, -0.15) is 0 Å². The summed E-state index contributed by atoms with van der Waals surface area (Å²) in [4.78, 5) is 2.15. The van der Waals surface area contributed by atoms with Crippen molar-refractivity contribution in [2.75, 3.05) is 32.1 Å². The molecule has 0 spiro atoms. The van der Waals surface area contributed by atoms with E-state index in [0.717, 1.165) is 28.6 Å². The molecule has 0 radical (unpaired) electrons. The Morgan fingerprint density at radius 2 is 2.12 bits per heavy atom. The van der Waals surface area contributed by atoms with Gasteiger partial charge in [0.2, 0.25) is 0 Å². The van der Waals surface area contributed by atoms with E-state index in [1.165, 1.54) is 0 Å². The molecular formula is C13H21ClN2O. The van der Waals surface area contributed by atoms with Crippen molar-refractivity contribution in [3.8, 4) is 5.75 Å². The van der Waals surface area contributed by atoms with Gasteiger partial charge in [0.25, 0.3) is 0 Å². The molecule has 0 saturated heterocycles. The molecule has 0 heterocycles. The molecule has 0 aromatic heterocycles. The summed E-state index contributed by atoms with van der Waals surface area (Å²) < 4.78 is 5.36. The van der Waals surface area contributed by atoms with Gasteiger partial charge in [0.05, 0.1) is 12.8 Å². The van der Waals surface area contributed by atoms with E-state index in [1.807, 2.05) is 26.1 Å². The van der Waals surface area contributed by atoms with Gasteiger partial charge in [-0.1, -0.05) is 18.5 Å². The molecule has 1 unspecified atom stereocenters. The third-order valence-corrected chi connectivity index (χ3v) is 3.27. The van der Waals surface area contributed by atoms with Gasteiger partial charge in [0, 0.05) is 24.7 Å². The SMILES string of the molecule is COc1cc(Cl)c(C)cc1N(C)CC(C)CN. The molecule has 4 heteroatoms. The fourth-order valence-electron chi connectivity index (χ4n) is 1.75. The standard InChI is InChI=1S/C13H21ClN2O/c1-9(7-15)8-16(3)12-5-10(2)11(14)6-13(12)17-4/h5-6,9H,7-8,15H2,1-4H3. The average Bonchev–Trinajstić information content (AvgIpc) is 2.31. The van der Waals surface area contributed by atoms with E-state index in [-0.39, 0.29) is 0 Å². The molecule has 17 heavy (non-hydrogen) atoms. The number of hydrogen-bond donors (Lipinski definition) is 1. The highest BCUT2D eigenvalue weighted by molar-refractivity contribution is 6.31. The third kappa shape index (κ3) is 3.51. The summed E-state index contributed by atoms with van der Waals surface area (Å²) in [5.74, 6) is 1.24. The van der Waals surface area contributed by atoms with Crippen LogP contribution in [-0.2, 0) is 0 Å². The van der Waals surface area contributed by atoms with E-state index in [1.54, 1.807) is 7.11 Å². The molecule has 1 aromatic carbocycles. The summed E-state index contributed by atoms with van der Waals surface area (Å²) >= 11 is 6.08. The average molecular weight is 257 g/mol. The number of benzene rings is 1. The number of methoxy groups -OCH3 is 1. The van der Waals surface area contributed by atoms with Crippen LogP contribution in [0.2, 0.25) is 5.02 Å². The Bertz CT molecular complexity index is 382. The number of nitrogens with two attached hydrogens (primary N) is 1. The van der Waals surface area contributed by atoms with Crippen molar-refractivity contribution in [2.24, 2.45) is 11.7 Å². The zero-order valence-electron chi connectivity index (χ0n) is 11.0. The van der Waals surface area contributed by atoms with E-state index in [9.17, 15) is 0 Å². The van der Waals surface area contributed by atoms with Gasteiger partial charge in [-0.25, -0.2) is 0 Å². The molecule has 0 aliphatic rings. The quantitative estimate of drug-likeness (QED) is 0.880. The van der Waals surface area contributed by atoms with Gasteiger partial charge in [0.1, 0.15) is 5.75 Å². The summed E-state index contributed by atoms with van der Waals surface area (Å²) in [6, 6.07) is 3.90. The van der Waals surface area contributed by atoms with E-state index < -0.39 is 0 Å². The van der Waals surface area contributed by atoms with Crippen molar-refractivity contribution < 1.29 is 4.74 Å². The number of ether oxygens (including phenoxy) is 1. The van der Waals surface area contributed by atoms with Gasteiger partial charge in [-0.05, 0) is 31.0 Å². The van der Waals surface area contributed by atoms with Crippen LogP contribution < -0.4 is 15.4 Å². The maximum absolute atomic E-state index is 6.08. The summed E-state index contributed by atoms with van der Waals surface area (Å²) in [6.45, 7) is 5.70. The van der Waals surface area contributed by atoms with Crippen molar-refractivity contribution in [1.82, 2.24) is 0 Å². The second-order valence-electron chi connectivity index (χ2n) is 4.49. The van der Waals surface area contributed by atoms with Crippen LogP contribution in [-0.4, -0.2) is 27.2 Å². The monoisotopic (exact) mass is 256 g/mol. The molecule has 1 atom stereocenters. The minimum atomic E-state index is 0.445. The number of anilines is 1. The van der Waals surface area contributed by atoms with Gasteiger partial charge < -0.3 is 15.4 Å². The lowest BCUT2D eigenvalue weighted by Crippen LogP contribution is -2.28. The van der Waals surface area contributed by atoms with Crippen LogP contribution in [0.4, 0.5) is 5.69 Å². The Morgan fingerprint density at radius 1 is 1.47 bits per heavy atom. The molecule has 0 bridgehead atoms. The number of rotatable bonds is 5. The highest BCUT2D eigenvalue weighted by Gasteiger charge is 2.12. The number of hydrogen-bond acceptors (Lipinski definition) is 3. The fraction of sp³-hybridized carbons (Fsp3) is 0.538. The van der Waals surface area contributed by atoms with Crippen LogP contribution in [0.15, 0.2) is 12.1 Å². The predicted octanol–water partition coefficient (Wildman–Crippen LogP) is 2.69. The Hall–Kier alpha value is -0.930. The smallest absolute Gasteiger partial charge is 0.143 e. The largest absolute Gasteiger partial charge is 0.495 e. The molecule has 0 saturated carbocycles. The van der Waals surface area contributed by atoms with Crippen LogP contribution in [0.3, 0.4) is 0 Å². The first-order chi connectivity index (χ1) is 7.99. The Balaban J connectivity index is 2.99. The van der Waals surface area contributed by atoms with Crippen molar-refractivity contribution in [1.29, 1.82) is 0 Å². The number of halogens is 1. The Morgan fingerprint density at radius 3 is 2.65 bits per heavy atom. The normalized spacial score (nSPS) is 12.4. The van der Waals surface area contributed by atoms with Gasteiger partial charge in [-0.3, -0.25) is 0 Å². The zero-order valence-corrected chi connectivity index (χ0v) is 11.7. The molecule has 96 valence electrons. The highest BCUT2D eigenvalue weighted by atomic mass is 35.5. The second kappa shape index (κ2) is 6.12. The minimum absolute atomic E-state index is 0.445. The molecule has 1 aromatic rings. The molecule has 0 aliphatic carbocycles. The molecule has 0 fully saturated rings. The molecule has 1 rings (SSSR count). The minimum Gasteiger partial charge on any atom is -0.495 e. The molecule has 2 N–H and O–H groups in total. The lowest BCUT2D eigenvalue weighted by molar-refractivity contribution is 0.414. The molecule has 3 nitrogen and oxygen atoms in total. The van der Waals surface area contributed by atoms with Gasteiger partial charge >= 0.3 is 0 Å². The number of nitrogens with zero attached hydrogens (tertiary/aromatic N) is 1. The maximum atomic E-state index is 6.08. The maximum Gasteiger partial charge on any atom is 0.143 e. The lowest BCUT2D eigenvalue weighted by atomic mass is 10.1. The second-order valence-corrected chi connectivity index (χ2v) is 4.90. The summed E-state index contributed by atoms with van der Waals surface area (Å²) in [7, 11) is 3.70. The zero-order chi connectivity index (χ0) is 13.0. The van der Waals surface area contributed by atoms with E-state index in [0.29, 0.717) is 12.5 Å². The van der Waals surface area contributed by atoms with Crippen LogP contribution >= 0.6 is 11.6 Å². The first-order valence-corrected chi connectivity index (χ1v) is 6.12. The molecule has 0 amide bonds. The number of aryl methyl sites for hydroxylation is 1. The van der Waals surface area contributed by atoms with E-state index in [2.05, 4.69) is 11.8 Å². The van der Waals surface area contributed by atoms with Crippen molar-refractivity contribution in [2.45, 2.75) is 13.8 Å². The third-order valence-electron chi connectivity index (χ3n) is 2.86. The van der Waals surface area contributed by atoms with Crippen molar-refractivity contribution in [3.05, 3.63) is 22.7 Å². The van der Waals surface area contributed by atoms with Gasteiger partial charge in [0.15, 0.2) is 0 Å². The van der Waals surface area contributed by atoms with Crippen LogP contribution in [0.25, 0.3) is 0 Å². The van der Waals surface area contributed by atoms with E-state index >= 15 is 0 Å². The van der Waals surface area contributed by atoms with Crippen molar-refractivity contribution in [3.63, 3.8) is 0 Å². The molecule has 0 aliphatic heterocycles. The Kier molecular flexibility index (Phi) is 5.09. The van der Waals surface area contributed by atoms with Crippen LogP contribution in [0.1, 0.15) is 12.5 Å². The summed E-state index contributed by atoms with van der Waals surface area (Å²) in [6.07, 6.45) is 0. The molecular weight excluding hydrogens is 236 g/mol. The van der Waals surface area contributed by atoms with Crippen molar-refractivity contribution >= 4 is 17.3 Å². The first-order valence-electron chi connectivity index (χ1n) is 5.75. The van der Waals surface area contributed by atoms with Gasteiger partial charge in [-0.15, -0.1) is 0 Å². The fourth-order valence-corrected chi connectivity index (χ4v) is 1.90. The van der Waals surface area contributed by atoms with Crippen LogP contribution in [0, 0.1) is 12.8 Å². The summed E-state index contributed by atoms with van der Waals surface area (Å²) in [5, 5.41) is 0.728. The van der Waals surface area contributed by atoms with Crippen LogP contribution in [0.5, 0.6) is 5.75 Å². The highest BCUT2D eigenvalue weighted by Crippen LogP contribution is 2.33. The van der Waals surface area contributed by atoms with E-state index in [4.69, 9.17) is 22.1 Å².